The Morgan fingerprint density at radius 2 is 1.71 bits per heavy atom. The molecule has 0 aromatic heterocycles. The Balaban J connectivity index is 2.05. The SMILES string of the molecule is CCOc1cccc(N2C(=O)C(SC(C)C)=C(c3ccc(OC)cc3)C2=O)c1. The Hall–Kier alpha value is -2.73. The smallest absolute Gasteiger partial charge is 0.272 e. The van der Waals surface area contributed by atoms with Gasteiger partial charge in [-0.1, -0.05) is 32.0 Å². The van der Waals surface area contributed by atoms with Gasteiger partial charge in [-0.3, -0.25) is 9.59 Å². The lowest BCUT2D eigenvalue weighted by Crippen LogP contribution is -2.31. The second-order valence-corrected chi connectivity index (χ2v) is 8.06. The highest BCUT2D eigenvalue weighted by molar-refractivity contribution is 8.04. The van der Waals surface area contributed by atoms with Crippen molar-refractivity contribution in [1.29, 1.82) is 0 Å². The molecule has 1 heterocycles. The molecule has 0 N–H and O–H groups in total. The predicted octanol–water partition coefficient (Wildman–Crippen LogP) is 4.52. The fourth-order valence-corrected chi connectivity index (χ4v) is 3.97. The number of methoxy groups -OCH3 is 1. The fraction of sp³-hybridized carbons (Fsp3) is 0.273. The van der Waals surface area contributed by atoms with Gasteiger partial charge < -0.3 is 9.47 Å². The quantitative estimate of drug-likeness (QED) is 0.643. The van der Waals surface area contributed by atoms with E-state index >= 15 is 0 Å². The van der Waals surface area contributed by atoms with Crippen LogP contribution in [0.4, 0.5) is 5.69 Å². The summed E-state index contributed by atoms with van der Waals surface area (Å²) in [6.45, 7) is 6.40. The topological polar surface area (TPSA) is 55.8 Å². The molecule has 0 unspecified atom stereocenters. The van der Waals surface area contributed by atoms with Gasteiger partial charge in [-0.2, -0.15) is 0 Å². The molecule has 0 aliphatic carbocycles. The predicted molar refractivity (Wildman–Crippen MR) is 113 cm³/mol. The summed E-state index contributed by atoms with van der Waals surface area (Å²) < 4.78 is 10.7. The lowest BCUT2D eigenvalue weighted by Gasteiger charge is -2.16. The van der Waals surface area contributed by atoms with Gasteiger partial charge in [0.2, 0.25) is 0 Å². The molecule has 3 rings (SSSR count). The molecule has 146 valence electrons. The number of benzene rings is 2. The summed E-state index contributed by atoms with van der Waals surface area (Å²) >= 11 is 1.40. The van der Waals surface area contributed by atoms with E-state index in [1.54, 1.807) is 55.6 Å². The first-order chi connectivity index (χ1) is 13.5. The minimum Gasteiger partial charge on any atom is -0.497 e. The highest BCUT2D eigenvalue weighted by atomic mass is 32.2. The van der Waals surface area contributed by atoms with Gasteiger partial charge in [0.1, 0.15) is 11.5 Å². The molecule has 0 spiro atoms. The van der Waals surface area contributed by atoms with Crippen LogP contribution in [0.3, 0.4) is 0 Å². The first-order valence-corrected chi connectivity index (χ1v) is 10.0. The maximum atomic E-state index is 13.3. The third-order valence-corrected chi connectivity index (χ3v) is 5.25. The third kappa shape index (κ3) is 3.92. The van der Waals surface area contributed by atoms with Crippen molar-refractivity contribution in [3.8, 4) is 11.5 Å². The van der Waals surface area contributed by atoms with Gasteiger partial charge in [0.25, 0.3) is 11.8 Å². The Labute approximate surface area is 169 Å². The molecule has 2 amide bonds. The molecule has 0 saturated heterocycles. The first kappa shape index (κ1) is 20.0. The summed E-state index contributed by atoms with van der Waals surface area (Å²) in [5, 5.41) is 0.162. The van der Waals surface area contributed by atoms with Crippen LogP contribution in [-0.2, 0) is 9.59 Å². The summed E-state index contributed by atoms with van der Waals surface area (Å²) in [6, 6.07) is 14.2. The molecule has 0 bridgehead atoms. The molecule has 2 aromatic rings. The molecule has 0 atom stereocenters. The zero-order chi connectivity index (χ0) is 20.3. The molecule has 0 fully saturated rings. The Morgan fingerprint density at radius 1 is 1.00 bits per heavy atom. The average Bonchev–Trinajstić information content (AvgIpc) is 2.92. The minimum atomic E-state index is -0.327. The summed E-state index contributed by atoms with van der Waals surface area (Å²) in [4.78, 5) is 28.2. The number of anilines is 1. The van der Waals surface area contributed by atoms with Gasteiger partial charge in [0.15, 0.2) is 0 Å². The van der Waals surface area contributed by atoms with Crippen LogP contribution >= 0.6 is 11.8 Å². The number of hydrogen-bond acceptors (Lipinski definition) is 5. The standard InChI is InChI=1S/C22H23NO4S/c1-5-27-18-8-6-7-16(13-18)23-21(24)19(20(22(23)25)28-14(2)3)15-9-11-17(26-4)12-10-15/h6-14H,5H2,1-4H3. The molecule has 2 aromatic carbocycles. The average molecular weight is 397 g/mol. The number of nitrogens with zero attached hydrogens (tertiary/aromatic N) is 1. The molecular weight excluding hydrogens is 374 g/mol. The van der Waals surface area contributed by atoms with Gasteiger partial charge in [-0.15, -0.1) is 11.8 Å². The number of rotatable bonds is 7. The molecule has 6 heteroatoms. The lowest BCUT2D eigenvalue weighted by atomic mass is 10.1. The van der Waals surface area contributed by atoms with E-state index in [9.17, 15) is 9.59 Å². The zero-order valence-electron chi connectivity index (χ0n) is 16.4. The van der Waals surface area contributed by atoms with E-state index in [0.29, 0.717) is 39.8 Å². The van der Waals surface area contributed by atoms with E-state index in [1.807, 2.05) is 20.8 Å². The number of hydrogen-bond donors (Lipinski definition) is 0. The van der Waals surface area contributed by atoms with Gasteiger partial charge in [0.05, 0.1) is 29.9 Å². The van der Waals surface area contributed by atoms with Gasteiger partial charge in [-0.25, -0.2) is 4.90 Å². The second-order valence-electron chi connectivity index (χ2n) is 6.48. The number of ether oxygens (including phenoxy) is 2. The van der Waals surface area contributed by atoms with Crippen LogP contribution in [0.2, 0.25) is 0 Å². The van der Waals surface area contributed by atoms with Crippen molar-refractivity contribution in [2.24, 2.45) is 0 Å². The van der Waals surface area contributed by atoms with E-state index in [2.05, 4.69) is 0 Å². The maximum absolute atomic E-state index is 13.3. The summed E-state index contributed by atoms with van der Waals surface area (Å²) in [6.07, 6.45) is 0. The first-order valence-electron chi connectivity index (χ1n) is 9.13. The number of carbonyl (C=O) groups is 2. The van der Waals surface area contributed by atoms with Crippen molar-refractivity contribution in [3.63, 3.8) is 0 Å². The van der Waals surface area contributed by atoms with Crippen LogP contribution in [0.15, 0.2) is 53.4 Å². The summed E-state index contributed by atoms with van der Waals surface area (Å²) in [5.74, 6) is 0.687. The summed E-state index contributed by atoms with van der Waals surface area (Å²) in [7, 11) is 1.59. The zero-order valence-corrected chi connectivity index (χ0v) is 17.2. The fourth-order valence-electron chi connectivity index (χ4n) is 2.98. The Morgan fingerprint density at radius 3 is 2.32 bits per heavy atom. The van der Waals surface area contributed by atoms with Crippen LogP contribution in [0.25, 0.3) is 5.57 Å². The second kappa shape index (κ2) is 8.52. The van der Waals surface area contributed by atoms with Gasteiger partial charge in [0, 0.05) is 11.3 Å². The molecule has 0 radical (unpaired) electrons. The number of imide groups is 1. The molecular formula is C22H23NO4S. The van der Waals surface area contributed by atoms with E-state index < -0.39 is 0 Å². The van der Waals surface area contributed by atoms with Crippen molar-refractivity contribution in [2.75, 3.05) is 18.6 Å². The van der Waals surface area contributed by atoms with Gasteiger partial charge >= 0.3 is 0 Å². The maximum Gasteiger partial charge on any atom is 0.272 e. The van der Waals surface area contributed by atoms with Crippen LogP contribution in [0.1, 0.15) is 26.3 Å². The van der Waals surface area contributed by atoms with Crippen LogP contribution in [0, 0.1) is 0 Å². The van der Waals surface area contributed by atoms with E-state index in [4.69, 9.17) is 9.47 Å². The molecule has 5 nitrogen and oxygen atoms in total. The van der Waals surface area contributed by atoms with E-state index in [-0.39, 0.29) is 17.1 Å². The summed E-state index contributed by atoms with van der Waals surface area (Å²) in [5.41, 5.74) is 1.63. The van der Waals surface area contributed by atoms with Crippen LogP contribution in [0.5, 0.6) is 11.5 Å². The Bertz CT molecular complexity index is 918. The molecule has 28 heavy (non-hydrogen) atoms. The highest BCUT2D eigenvalue weighted by Gasteiger charge is 2.40. The van der Waals surface area contributed by atoms with Crippen LogP contribution < -0.4 is 14.4 Å². The monoisotopic (exact) mass is 397 g/mol. The molecule has 1 aliphatic rings. The van der Waals surface area contributed by atoms with Crippen molar-refractivity contribution in [3.05, 3.63) is 59.0 Å². The largest absolute Gasteiger partial charge is 0.497 e. The van der Waals surface area contributed by atoms with Crippen molar-refractivity contribution >= 4 is 34.8 Å². The van der Waals surface area contributed by atoms with Crippen molar-refractivity contribution in [2.45, 2.75) is 26.0 Å². The number of thioether (sulfide) groups is 1. The third-order valence-electron chi connectivity index (χ3n) is 4.16. The lowest BCUT2D eigenvalue weighted by molar-refractivity contribution is -0.119. The molecule has 0 saturated carbocycles. The number of carbonyl (C=O) groups excluding carboxylic acids is 2. The highest BCUT2D eigenvalue weighted by Crippen LogP contribution is 2.40. The normalized spacial score (nSPS) is 14.2. The van der Waals surface area contributed by atoms with Crippen molar-refractivity contribution < 1.29 is 19.1 Å². The Kier molecular flexibility index (Phi) is 6.09. The van der Waals surface area contributed by atoms with Crippen LogP contribution in [-0.4, -0.2) is 30.8 Å². The van der Waals surface area contributed by atoms with Gasteiger partial charge in [-0.05, 0) is 36.8 Å². The van der Waals surface area contributed by atoms with Crippen molar-refractivity contribution in [1.82, 2.24) is 0 Å². The minimum absolute atomic E-state index is 0.162. The van der Waals surface area contributed by atoms with E-state index in [1.165, 1.54) is 16.7 Å². The number of amides is 2. The van der Waals surface area contributed by atoms with E-state index in [0.717, 1.165) is 0 Å². The molecule has 1 aliphatic heterocycles.